The molecule has 0 atom stereocenters. The molecule has 0 aliphatic carbocycles. The van der Waals surface area contributed by atoms with E-state index in [9.17, 15) is 4.79 Å². The Morgan fingerprint density at radius 1 is 1.12 bits per heavy atom. The lowest BCUT2D eigenvalue weighted by Crippen LogP contribution is -2.49. The van der Waals surface area contributed by atoms with Crippen LogP contribution in [0.2, 0.25) is 0 Å². The minimum absolute atomic E-state index is 0.170. The van der Waals surface area contributed by atoms with Crippen molar-refractivity contribution in [1.82, 2.24) is 15.1 Å². The Morgan fingerprint density at radius 2 is 1.69 bits per heavy atom. The fourth-order valence-corrected chi connectivity index (χ4v) is 2.91. The summed E-state index contributed by atoms with van der Waals surface area (Å²) in [4.78, 5) is 15.5. The Hall–Kier alpha value is -0.770. The van der Waals surface area contributed by atoms with Gasteiger partial charge in [-0.05, 0) is 44.2 Å². The lowest BCUT2D eigenvalue weighted by Gasteiger charge is -2.44. The standard InChI is InChI=1S/C12H23N3O/c1-14(2)11(16)15-9-5-12(6-10-15)3-7-13-8-4-12/h13H,3-10H2,1-2H3. The lowest BCUT2D eigenvalue weighted by atomic mass is 9.72. The molecule has 0 aromatic heterocycles. The Morgan fingerprint density at radius 3 is 2.19 bits per heavy atom. The molecular formula is C12H23N3O. The molecule has 92 valence electrons. The fraction of sp³-hybridized carbons (Fsp3) is 0.917. The summed E-state index contributed by atoms with van der Waals surface area (Å²) in [5.74, 6) is 0. The highest BCUT2D eigenvalue weighted by atomic mass is 16.2. The number of hydrogen-bond acceptors (Lipinski definition) is 2. The predicted molar refractivity (Wildman–Crippen MR) is 64.4 cm³/mol. The Bertz CT molecular complexity index is 249. The van der Waals surface area contributed by atoms with E-state index < -0.39 is 0 Å². The number of piperidine rings is 2. The zero-order chi connectivity index (χ0) is 11.6. The van der Waals surface area contributed by atoms with Crippen molar-refractivity contribution in [2.45, 2.75) is 25.7 Å². The molecule has 0 aromatic rings. The molecule has 2 aliphatic heterocycles. The highest BCUT2D eigenvalue weighted by Gasteiger charge is 2.36. The van der Waals surface area contributed by atoms with Crippen molar-refractivity contribution in [3.05, 3.63) is 0 Å². The quantitative estimate of drug-likeness (QED) is 0.671. The number of nitrogens with one attached hydrogen (secondary N) is 1. The van der Waals surface area contributed by atoms with E-state index in [4.69, 9.17) is 0 Å². The molecule has 2 amide bonds. The number of rotatable bonds is 0. The summed E-state index contributed by atoms with van der Waals surface area (Å²) in [6.45, 7) is 4.19. The molecule has 16 heavy (non-hydrogen) atoms. The number of urea groups is 1. The van der Waals surface area contributed by atoms with Crippen LogP contribution < -0.4 is 5.32 Å². The van der Waals surface area contributed by atoms with Gasteiger partial charge in [-0.2, -0.15) is 0 Å². The zero-order valence-electron chi connectivity index (χ0n) is 10.5. The molecule has 2 heterocycles. The van der Waals surface area contributed by atoms with Crippen molar-refractivity contribution in [2.24, 2.45) is 5.41 Å². The monoisotopic (exact) mass is 225 g/mol. The van der Waals surface area contributed by atoms with E-state index in [2.05, 4.69) is 5.32 Å². The highest BCUT2D eigenvalue weighted by Crippen LogP contribution is 2.39. The van der Waals surface area contributed by atoms with E-state index in [1.807, 2.05) is 19.0 Å². The van der Waals surface area contributed by atoms with Crippen LogP contribution in [-0.4, -0.2) is 56.1 Å². The van der Waals surface area contributed by atoms with Crippen LogP contribution in [0.15, 0.2) is 0 Å². The van der Waals surface area contributed by atoms with Crippen LogP contribution in [0.3, 0.4) is 0 Å². The summed E-state index contributed by atoms with van der Waals surface area (Å²) < 4.78 is 0. The first-order valence-corrected chi connectivity index (χ1v) is 6.30. The molecule has 0 radical (unpaired) electrons. The minimum Gasteiger partial charge on any atom is -0.331 e. The maximum absolute atomic E-state index is 11.8. The van der Waals surface area contributed by atoms with Crippen molar-refractivity contribution in [2.75, 3.05) is 40.3 Å². The van der Waals surface area contributed by atoms with Gasteiger partial charge >= 0.3 is 6.03 Å². The van der Waals surface area contributed by atoms with Crippen LogP contribution in [0.1, 0.15) is 25.7 Å². The van der Waals surface area contributed by atoms with Gasteiger partial charge in [0, 0.05) is 27.2 Å². The van der Waals surface area contributed by atoms with Crippen LogP contribution in [0, 0.1) is 5.41 Å². The molecule has 4 nitrogen and oxygen atoms in total. The molecule has 1 N–H and O–H groups in total. The van der Waals surface area contributed by atoms with Crippen LogP contribution in [0.25, 0.3) is 0 Å². The van der Waals surface area contributed by atoms with Gasteiger partial charge in [0.05, 0.1) is 0 Å². The molecule has 2 fully saturated rings. The third-order valence-corrected chi connectivity index (χ3v) is 4.14. The normalized spacial score (nSPS) is 24.5. The smallest absolute Gasteiger partial charge is 0.319 e. The van der Waals surface area contributed by atoms with Gasteiger partial charge in [-0.1, -0.05) is 0 Å². The molecule has 0 saturated carbocycles. The molecule has 2 aliphatic rings. The summed E-state index contributed by atoms with van der Waals surface area (Å²) in [5, 5.41) is 3.42. The number of hydrogen-bond donors (Lipinski definition) is 1. The van der Waals surface area contributed by atoms with E-state index in [0.29, 0.717) is 5.41 Å². The van der Waals surface area contributed by atoms with Crippen LogP contribution in [-0.2, 0) is 0 Å². The Labute approximate surface area is 98.0 Å². The number of carbonyl (C=O) groups is 1. The van der Waals surface area contributed by atoms with Crippen molar-refractivity contribution in [1.29, 1.82) is 0 Å². The molecule has 2 rings (SSSR count). The SMILES string of the molecule is CN(C)C(=O)N1CCC2(CCNCC2)CC1. The second kappa shape index (κ2) is 4.62. The van der Waals surface area contributed by atoms with E-state index in [-0.39, 0.29) is 6.03 Å². The van der Waals surface area contributed by atoms with Crippen molar-refractivity contribution >= 4 is 6.03 Å². The van der Waals surface area contributed by atoms with Gasteiger partial charge < -0.3 is 15.1 Å². The third-order valence-electron chi connectivity index (χ3n) is 4.14. The van der Waals surface area contributed by atoms with Gasteiger partial charge in [0.25, 0.3) is 0 Å². The molecule has 2 saturated heterocycles. The number of nitrogens with zero attached hydrogens (tertiary/aromatic N) is 2. The molecule has 1 spiro atoms. The number of likely N-dealkylation sites (tertiary alicyclic amines) is 1. The van der Waals surface area contributed by atoms with Crippen molar-refractivity contribution < 1.29 is 4.79 Å². The molecule has 0 aromatic carbocycles. The topological polar surface area (TPSA) is 35.6 Å². The van der Waals surface area contributed by atoms with Gasteiger partial charge in [0.2, 0.25) is 0 Å². The summed E-state index contributed by atoms with van der Waals surface area (Å²) in [6, 6.07) is 0.170. The van der Waals surface area contributed by atoms with Gasteiger partial charge in [-0.3, -0.25) is 0 Å². The Balaban J connectivity index is 1.88. The second-order valence-corrected chi connectivity index (χ2v) is 5.41. The maximum Gasteiger partial charge on any atom is 0.319 e. The third kappa shape index (κ3) is 2.32. The van der Waals surface area contributed by atoms with Gasteiger partial charge in [0.1, 0.15) is 0 Å². The van der Waals surface area contributed by atoms with Crippen LogP contribution in [0.5, 0.6) is 0 Å². The number of amides is 2. The van der Waals surface area contributed by atoms with Crippen LogP contribution >= 0.6 is 0 Å². The first-order valence-electron chi connectivity index (χ1n) is 6.30. The zero-order valence-corrected chi connectivity index (χ0v) is 10.5. The summed E-state index contributed by atoms with van der Waals surface area (Å²) >= 11 is 0. The average Bonchev–Trinajstić information content (AvgIpc) is 2.30. The highest BCUT2D eigenvalue weighted by molar-refractivity contribution is 5.73. The lowest BCUT2D eigenvalue weighted by molar-refractivity contribution is 0.0793. The summed E-state index contributed by atoms with van der Waals surface area (Å²) in [6.07, 6.45) is 4.95. The molecule has 0 unspecified atom stereocenters. The molecular weight excluding hydrogens is 202 g/mol. The maximum atomic E-state index is 11.8. The average molecular weight is 225 g/mol. The summed E-state index contributed by atoms with van der Waals surface area (Å²) in [5.41, 5.74) is 0.536. The predicted octanol–water partition coefficient (Wildman–Crippen LogP) is 1.13. The van der Waals surface area contributed by atoms with E-state index in [1.165, 1.54) is 25.7 Å². The first kappa shape index (κ1) is 11.7. The minimum atomic E-state index is 0.170. The van der Waals surface area contributed by atoms with Crippen molar-refractivity contribution in [3.8, 4) is 0 Å². The molecule has 0 bridgehead atoms. The van der Waals surface area contributed by atoms with E-state index in [0.717, 1.165) is 26.2 Å². The van der Waals surface area contributed by atoms with Gasteiger partial charge in [0.15, 0.2) is 0 Å². The van der Waals surface area contributed by atoms with Crippen LogP contribution in [0.4, 0.5) is 4.79 Å². The van der Waals surface area contributed by atoms with Gasteiger partial charge in [-0.15, -0.1) is 0 Å². The van der Waals surface area contributed by atoms with Gasteiger partial charge in [-0.25, -0.2) is 4.79 Å². The Kier molecular flexibility index (Phi) is 3.38. The fourth-order valence-electron chi connectivity index (χ4n) is 2.91. The van der Waals surface area contributed by atoms with E-state index >= 15 is 0 Å². The van der Waals surface area contributed by atoms with E-state index in [1.54, 1.807) is 4.90 Å². The largest absolute Gasteiger partial charge is 0.331 e. The number of carbonyl (C=O) groups excluding carboxylic acids is 1. The summed E-state index contributed by atoms with van der Waals surface area (Å²) in [7, 11) is 3.66. The first-order chi connectivity index (χ1) is 7.63. The second-order valence-electron chi connectivity index (χ2n) is 5.41. The molecule has 4 heteroatoms. The van der Waals surface area contributed by atoms with Crippen molar-refractivity contribution in [3.63, 3.8) is 0 Å².